The van der Waals surface area contributed by atoms with Crippen LogP contribution in [0.15, 0.2) is 59.5 Å². The van der Waals surface area contributed by atoms with E-state index in [0.29, 0.717) is 31.5 Å². The van der Waals surface area contributed by atoms with Gasteiger partial charge >= 0.3 is 0 Å². The molecule has 8 unspecified atom stereocenters. The van der Waals surface area contributed by atoms with E-state index < -0.39 is 34.1 Å². The lowest BCUT2D eigenvalue weighted by Crippen LogP contribution is -2.68. The molecule has 6 rings (SSSR count). The Morgan fingerprint density at radius 1 is 1.22 bits per heavy atom. The molecule has 0 spiro atoms. The van der Waals surface area contributed by atoms with Gasteiger partial charge in [-0.1, -0.05) is 55.8 Å². The molecule has 37 heavy (non-hydrogen) atoms. The van der Waals surface area contributed by atoms with Crippen molar-refractivity contribution in [2.45, 2.75) is 70.4 Å². The number of aliphatic hydroxyl groups is 2. The van der Waals surface area contributed by atoms with E-state index in [1.807, 2.05) is 44.4 Å². The zero-order valence-electron chi connectivity index (χ0n) is 21.6. The molecule has 4 aliphatic carbocycles. The number of aliphatic hydroxyl groups excluding tert-OH is 1. The molecule has 3 N–H and O–H groups in total. The molecule has 0 saturated heterocycles. The summed E-state index contributed by atoms with van der Waals surface area (Å²) in [4.78, 5) is 16.9. The van der Waals surface area contributed by atoms with Crippen LogP contribution in [-0.4, -0.2) is 32.8 Å². The minimum atomic E-state index is -1.89. The van der Waals surface area contributed by atoms with Crippen molar-refractivity contribution in [3.8, 4) is 0 Å². The number of hydrogen-bond donors (Lipinski definition) is 3. The molecular weight excluding hydrogens is 487 g/mol. The van der Waals surface area contributed by atoms with Crippen LogP contribution in [0.4, 0.5) is 9.52 Å². The molecular formula is C30H35FN2O3S. The van der Waals surface area contributed by atoms with Crippen molar-refractivity contribution in [1.29, 1.82) is 0 Å². The molecule has 1 aromatic heterocycles. The third kappa shape index (κ3) is 3.26. The second kappa shape index (κ2) is 8.32. The molecule has 2 aromatic rings. The fourth-order valence-corrected chi connectivity index (χ4v) is 9.16. The van der Waals surface area contributed by atoms with Crippen LogP contribution in [-0.2, 0) is 16.9 Å². The summed E-state index contributed by atoms with van der Waals surface area (Å²) in [5, 5.41) is 30.0. The van der Waals surface area contributed by atoms with Gasteiger partial charge in [-0.25, -0.2) is 9.37 Å². The summed E-state index contributed by atoms with van der Waals surface area (Å²) in [6.45, 7) is 6.52. The summed E-state index contributed by atoms with van der Waals surface area (Å²) in [5.74, 6) is -0.803. The van der Waals surface area contributed by atoms with Gasteiger partial charge in [0.05, 0.1) is 11.8 Å². The fourth-order valence-electron chi connectivity index (χ4n) is 8.40. The Hall–Kier alpha value is -2.35. The number of carbonyl (C=O) groups excluding carboxylic acids is 1. The highest BCUT2D eigenvalue weighted by atomic mass is 32.1. The Balaban J connectivity index is 1.33. The van der Waals surface area contributed by atoms with E-state index in [1.54, 1.807) is 12.2 Å². The van der Waals surface area contributed by atoms with E-state index in [1.165, 1.54) is 17.4 Å². The second-order valence-electron chi connectivity index (χ2n) is 12.0. The largest absolute Gasteiger partial charge is 0.390 e. The number of aromatic nitrogens is 1. The average Bonchev–Trinajstić information content (AvgIpc) is 3.43. The van der Waals surface area contributed by atoms with Crippen LogP contribution in [0, 0.1) is 28.6 Å². The number of fused-ring (bicyclic) bond motifs is 5. The molecule has 196 valence electrons. The van der Waals surface area contributed by atoms with E-state index in [0.717, 1.165) is 16.3 Å². The highest BCUT2D eigenvalue weighted by molar-refractivity contribution is 7.13. The Morgan fingerprint density at radius 3 is 2.73 bits per heavy atom. The monoisotopic (exact) mass is 522 g/mol. The topological polar surface area (TPSA) is 82.5 Å². The first-order valence-corrected chi connectivity index (χ1v) is 14.2. The average molecular weight is 523 g/mol. The van der Waals surface area contributed by atoms with E-state index in [9.17, 15) is 15.0 Å². The van der Waals surface area contributed by atoms with Gasteiger partial charge in [0.15, 0.2) is 16.6 Å². The van der Waals surface area contributed by atoms with Crippen LogP contribution >= 0.6 is 11.3 Å². The summed E-state index contributed by atoms with van der Waals surface area (Å²) in [6.07, 6.45) is 5.40. The predicted molar refractivity (Wildman–Crippen MR) is 143 cm³/mol. The van der Waals surface area contributed by atoms with Crippen molar-refractivity contribution in [3.63, 3.8) is 0 Å². The summed E-state index contributed by atoms with van der Waals surface area (Å²) in [6, 6.07) is 10.1. The Kier molecular flexibility index (Phi) is 5.61. The van der Waals surface area contributed by atoms with Crippen LogP contribution in [0.25, 0.3) is 0 Å². The van der Waals surface area contributed by atoms with E-state index in [4.69, 9.17) is 4.98 Å². The number of ketones is 1. The molecule has 3 fully saturated rings. The lowest BCUT2D eigenvalue weighted by molar-refractivity contribution is -0.223. The van der Waals surface area contributed by atoms with Gasteiger partial charge < -0.3 is 15.5 Å². The smallest absolute Gasteiger partial charge is 0.183 e. The van der Waals surface area contributed by atoms with Gasteiger partial charge in [-0.05, 0) is 62.2 Å². The number of hydrogen-bond acceptors (Lipinski definition) is 6. The number of benzene rings is 1. The first kappa shape index (κ1) is 25.0. The minimum Gasteiger partial charge on any atom is -0.390 e. The number of nitrogens with one attached hydrogen (secondary N) is 1. The number of halogens is 1. The summed E-state index contributed by atoms with van der Waals surface area (Å²) >= 11 is 1.46. The molecule has 7 heteroatoms. The quantitative estimate of drug-likeness (QED) is 0.490. The number of alkyl halides is 1. The zero-order chi connectivity index (χ0) is 26.2. The minimum absolute atomic E-state index is 0.117. The van der Waals surface area contributed by atoms with Crippen molar-refractivity contribution >= 4 is 22.3 Å². The molecule has 1 aromatic carbocycles. The van der Waals surface area contributed by atoms with Crippen LogP contribution in [0.3, 0.4) is 0 Å². The maximum atomic E-state index is 17.4. The van der Waals surface area contributed by atoms with E-state index in [-0.39, 0.29) is 24.0 Å². The zero-order valence-corrected chi connectivity index (χ0v) is 22.4. The lowest BCUT2D eigenvalue weighted by atomic mass is 9.44. The highest BCUT2D eigenvalue weighted by Gasteiger charge is 2.74. The molecule has 0 aliphatic heterocycles. The molecule has 1 heterocycles. The second-order valence-corrected chi connectivity index (χ2v) is 12.9. The standard InChI is InChI=1S/C30H35FN2O3S/c1-18-13-23-22-10-9-20-14-21(34)11-12-27(20,2)29(22,31)25(35)15-28(23,3)30(18,36)24-17-37-26(33-24)32-16-19-7-5-4-6-8-19/h4-8,11-12,14,17-18,22-23,25,35-36H,9-10,13,15-16H2,1-3H3,(H,32,33). The van der Waals surface area contributed by atoms with Gasteiger partial charge in [0.2, 0.25) is 0 Å². The van der Waals surface area contributed by atoms with Crippen molar-refractivity contribution in [2.75, 3.05) is 5.32 Å². The van der Waals surface area contributed by atoms with Crippen LogP contribution in [0.1, 0.15) is 57.7 Å². The van der Waals surface area contributed by atoms with Gasteiger partial charge in [0.1, 0.15) is 5.60 Å². The first-order chi connectivity index (χ1) is 17.5. The van der Waals surface area contributed by atoms with Gasteiger partial charge in [-0.3, -0.25) is 4.79 Å². The summed E-state index contributed by atoms with van der Waals surface area (Å²) in [7, 11) is 0. The molecule has 5 nitrogen and oxygen atoms in total. The van der Waals surface area contributed by atoms with Gasteiger partial charge in [0, 0.05) is 28.7 Å². The molecule has 0 radical (unpaired) electrons. The number of rotatable bonds is 4. The van der Waals surface area contributed by atoms with Gasteiger partial charge in [0.25, 0.3) is 0 Å². The van der Waals surface area contributed by atoms with Crippen LogP contribution in [0.5, 0.6) is 0 Å². The lowest BCUT2D eigenvalue weighted by Gasteiger charge is -2.62. The number of allylic oxidation sites excluding steroid dienone is 4. The van der Waals surface area contributed by atoms with Crippen molar-refractivity contribution < 1.29 is 19.4 Å². The highest BCUT2D eigenvalue weighted by Crippen LogP contribution is 2.72. The maximum absolute atomic E-state index is 17.4. The molecule has 8 atom stereocenters. The van der Waals surface area contributed by atoms with E-state index >= 15 is 4.39 Å². The van der Waals surface area contributed by atoms with Crippen molar-refractivity contribution in [3.05, 3.63) is 70.8 Å². The molecule has 3 saturated carbocycles. The van der Waals surface area contributed by atoms with Gasteiger partial charge in [-0.15, -0.1) is 11.3 Å². The summed E-state index contributed by atoms with van der Waals surface area (Å²) < 4.78 is 17.4. The predicted octanol–water partition coefficient (Wildman–Crippen LogP) is 5.56. The maximum Gasteiger partial charge on any atom is 0.183 e. The third-order valence-electron chi connectivity index (χ3n) is 10.4. The first-order valence-electron chi connectivity index (χ1n) is 13.3. The SMILES string of the molecule is CC1CC2C3CCC4=CC(=O)C=CC4(C)C3(F)C(O)CC2(C)C1(O)c1csc(NCc2ccccc2)n1. The molecule has 4 aliphatic rings. The van der Waals surface area contributed by atoms with Crippen LogP contribution < -0.4 is 5.32 Å². The number of thiazole rings is 1. The third-order valence-corrected chi connectivity index (χ3v) is 11.2. The van der Waals surface area contributed by atoms with Crippen LogP contribution in [0.2, 0.25) is 0 Å². The summed E-state index contributed by atoms with van der Waals surface area (Å²) in [5.41, 5.74) is -2.41. The van der Waals surface area contributed by atoms with Crippen molar-refractivity contribution in [2.24, 2.45) is 28.6 Å². The molecule has 0 amide bonds. The molecule has 0 bridgehead atoms. The van der Waals surface area contributed by atoms with Crippen molar-refractivity contribution in [1.82, 2.24) is 4.98 Å². The Bertz CT molecular complexity index is 1290. The normalized spacial score (nSPS) is 42.5. The number of anilines is 1. The van der Waals surface area contributed by atoms with Gasteiger partial charge in [-0.2, -0.15) is 0 Å². The Labute approximate surface area is 221 Å². The number of nitrogens with zero attached hydrogens (tertiary/aromatic N) is 1. The Morgan fingerprint density at radius 2 is 1.97 bits per heavy atom. The number of carbonyl (C=O) groups is 1. The fraction of sp³-hybridized carbons (Fsp3) is 0.533. The van der Waals surface area contributed by atoms with E-state index in [2.05, 4.69) is 17.4 Å².